The fourth-order valence-electron chi connectivity index (χ4n) is 2.70. The van der Waals surface area contributed by atoms with Crippen LogP contribution in [0.5, 0.6) is 0 Å². The zero-order valence-electron chi connectivity index (χ0n) is 13.5. The molecule has 1 aromatic heterocycles. The van der Waals surface area contributed by atoms with Gasteiger partial charge in [-0.3, -0.25) is 4.79 Å². The Morgan fingerprint density at radius 1 is 1.16 bits per heavy atom. The molecule has 1 heterocycles. The predicted octanol–water partition coefficient (Wildman–Crippen LogP) is 3.79. The molecule has 3 rings (SSSR count). The van der Waals surface area contributed by atoms with Crippen LogP contribution in [-0.2, 0) is 12.7 Å². The maximum atomic E-state index is 12.7. The number of halogens is 3. The molecule has 0 spiro atoms. The van der Waals surface area contributed by atoms with Gasteiger partial charge in [0.1, 0.15) is 5.82 Å². The Bertz CT molecular complexity index is 915. The quantitative estimate of drug-likeness (QED) is 0.780. The summed E-state index contributed by atoms with van der Waals surface area (Å²) in [5.41, 5.74) is 0.969. The second-order valence-corrected chi connectivity index (χ2v) is 5.63. The number of imidazole rings is 1. The average Bonchev–Trinajstić information content (AvgIpc) is 2.90. The summed E-state index contributed by atoms with van der Waals surface area (Å²) in [6.07, 6.45) is -4.47. The Morgan fingerprint density at radius 2 is 1.92 bits per heavy atom. The second kappa shape index (κ2) is 6.58. The van der Waals surface area contributed by atoms with E-state index < -0.39 is 17.6 Å². The number of aromatic nitrogens is 2. The average molecular weight is 347 g/mol. The fraction of sp³-hybridized carbons (Fsp3) is 0.222. The molecule has 1 N–H and O–H groups in total. The summed E-state index contributed by atoms with van der Waals surface area (Å²) < 4.78 is 40.1. The van der Waals surface area contributed by atoms with E-state index in [0.29, 0.717) is 6.54 Å². The number of rotatable bonds is 4. The summed E-state index contributed by atoms with van der Waals surface area (Å²) in [5.74, 6) is 0.280. The summed E-state index contributed by atoms with van der Waals surface area (Å²) in [5, 5.41) is 2.65. The van der Waals surface area contributed by atoms with Crippen LogP contribution in [0.15, 0.2) is 48.5 Å². The minimum Gasteiger partial charge on any atom is -0.350 e. The molecular weight excluding hydrogens is 331 g/mol. The summed E-state index contributed by atoms with van der Waals surface area (Å²) in [7, 11) is 0. The molecule has 0 aliphatic carbocycles. The van der Waals surface area contributed by atoms with Crippen molar-refractivity contribution in [2.45, 2.75) is 19.6 Å². The number of carbonyl (C=O) groups is 1. The third-order valence-electron chi connectivity index (χ3n) is 3.92. The highest BCUT2D eigenvalue weighted by Crippen LogP contribution is 2.29. The van der Waals surface area contributed by atoms with Gasteiger partial charge >= 0.3 is 6.18 Å². The summed E-state index contributed by atoms with van der Waals surface area (Å²) in [4.78, 5) is 16.5. The van der Waals surface area contributed by atoms with E-state index in [1.807, 2.05) is 35.8 Å². The molecule has 2 aromatic carbocycles. The molecule has 0 saturated carbocycles. The molecule has 25 heavy (non-hydrogen) atoms. The molecule has 0 radical (unpaired) electrons. The van der Waals surface area contributed by atoms with E-state index in [1.165, 1.54) is 12.1 Å². The molecule has 7 heteroatoms. The fourth-order valence-corrected chi connectivity index (χ4v) is 2.70. The van der Waals surface area contributed by atoms with Crippen molar-refractivity contribution in [3.05, 3.63) is 65.5 Å². The van der Waals surface area contributed by atoms with Gasteiger partial charge in [-0.2, -0.15) is 13.2 Å². The van der Waals surface area contributed by atoms with Crippen LogP contribution >= 0.6 is 0 Å². The molecule has 1 amide bonds. The van der Waals surface area contributed by atoms with Gasteiger partial charge in [0.15, 0.2) is 0 Å². The van der Waals surface area contributed by atoms with Gasteiger partial charge in [-0.05, 0) is 37.3 Å². The van der Waals surface area contributed by atoms with Crippen LogP contribution in [0.1, 0.15) is 21.7 Å². The van der Waals surface area contributed by atoms with Crippen LogP contribution < -0.4 is 5.32 Å². The van der Waals surface area contributed by atoms with E-state index in [9.17, 15) is 18.0 Å². The molecule has 0 bridgehead atoms. The number of nitrogens with zero attached hydrogens (tertiary/aromatic N) is 2. The van der Waals surface area contributed by atoms with Gasteiger partial charge in [0.25, 0.3) is 5.91 Å². The van der Waals surface area contributed by atoms with E-state index >= 15 is 0 Å². The molecule has 130 valence electrons. The lowest BCUT2D eigenvalue weighted by Crippen LogP contribution is -2.27. The first-order chi connectivity index (χ1) is 11.9. The van der Waals surface area contributed by atoms with Gasteiger partial charge < -0.3 is 9.88 Å². The van der Waals surface area contributed by atoms with E-state index in [1.54, 1.807) is 0 Å². The van der Waals surface area contributed by atoms with E-state index in [-0.39, 0.29) is 12.1 Å². The third kappa shape index (κ3) is 3.65. The van der Waals surface area contributed by atoms with Crippen molar-refractivity contribution in [2.75, 3.05) is 6.54 Å². The number of carbonyl (C=O) groups excluding carboxylic acids is 1. The molecule has 0 fully saturated rings. The first-order valence-corrected chi connectivity index (χ1v) is 7.73. The Labute approximate surface area is 142 Å². The lowest BCUT2D eigenvalue weighted by molar-refractivity contribution is -0.137. The SMILES string of the molecule is Cc1nc2ccccc2n1CCNC(=O)c1cccc(C(F)(F)F)c1. The predicted molar refractivity (Wildman–Crippen MR) is 88.2 cm³/mol. The van der Waals surface area contributed by atoms with Crippen molar-refractivity contribution in [1.29, 1.82) is 0 Å². The molecule has 0 unspecified atom stereocenters. The summed E-state index contributed by atoms with van der Waals surface area (Å²) in [6, 6.07) is 12.0. The summed E-state index contributed by atoms with van der Waals surface area (Å²) >= 11 is 0. The topological polar surface area (TPSA) is 46.9 Å². The second-order valence-electron chi connectivity index (χ2n) is 5.63. The highest BCUT2D eigenvalue weighted by molar-refractivity contribution is 5.94. The Hall–Kier alpha value is -2.83. The van der Waals surface area contributed by atoms with Gasteiger partial charge in [0, 0.05) is 18.7 Å². The van der Waals surface area contributed by atoms with Gasteiger partial charge in [-0.1, -0.05) is 18.2 Å². The number of para-hydroxylation sites is 2. The standard InChI is InChI=1S/C18H16F3N3O/c1-12-23-15-7-2-3-8-16(15)24(12)10-9-22-17(25)13-5-4-6-14(11-13)18(19,20)21/h2-8,11H,9-10H2,1H3,(H,22,25). The molecular formula is C18H16F3N3O. The number of benzene rings is 2. The van der Waals surface area contributed by atoms with Crippen molar-refractivity contribution < 1.29 is 18.0 Å². The van der Waals surface area contributed by atoms with Gasteiger partial charge in [0.2, 0.25) is 0 Å². The molecule has 0 aliphatic heterocycles. The number of amides is 1. The van der Waals surface area contributed by atoms with Crippen molar-refractivity contribution in [3.8, 4) is 0 Å². The Kier molecular flexibility index (Phi) is 4.48. The number of alkyl halides is 3. The van der Waals surface area contributed by atoms with Crippen molar-refractivity contribution in [1.82, 2.24) is 14.9 Å². The van der Waals surface area contributed by atoms with Crippen LogP contribution in [0.3, 0.4) is 0 Å². The lowest BCUT2D eigenvalue weighted by Gasteiger charge is -2.10. The minimum absolute atomic E-state index is 0.0120. The third-order valence-corrected chi connectivity index (χ3v) is 3.92. The van der Waals surface area contributed by atoms with Crippen LogP contribution in [0, 0.1) is 6.92 Å². The maximum absolute atomic E-state index is 12.7. The normalized spacial score (nSPS) is 11.7. The van der Waals surface area contributed by atoms with Gasteiger partial charge in [-0.25, -0.2) is 4.98 Å². The van der Waals surface area contributed by atoms with E-state index in [0.717, 1.165) is 29.0 Å². The number of hydrogen-bond donors (Lipinski definition) is 1. The highest BCUT2D eigenvalue weighted by atomic mass is 19.4. The number of aryl methyl sites for hydroxylation is 1. The van der Waals surface area contributed by atoms with Crippen LogP contribution in [0.4, 0.5) is 13.2 Å². The smallest absolute Gasteiger partial charge is 0.350 e. The zero-order valence-corrected chi connectivity index (χ0v) is 13.5. The van der Waals surface area contributed by atoms with Gasteiger partial charge in [0.05, 0.1) is 16.6 Å². The van der Waals surface area contributed by atoms with Gasteiger partial charge in [-0.15, -0.1) is 0 Å². The molecule has 0 saturated heterocycles. The molecule has 0 aliphatic rings. The number of fused-ring (bicyclic) bond motifs is 1. The summed E-state index contributed by atoms with van der Waals surface area (Å²) in [6.45, 7) is 2.64. The van der Waals surface area contributed by atoms with Crippen LogP contribution in [0.25, 0.3) is 11.0 Å². The minimum atomic E-state index is -4.47. The van der Waals surface area contributed by atoms with Crippen molar-refractivity contribution >= 4 is 16.9 Å². The first kappa shape index (κ1) is 17.0. The number of hydrogen-bond acceptors (Lipinski definition) is 2. The lowest BCUT2D eigenvalue weighted by atomic mass is 10.1. The number of nitrogens with one attached hydrogen (secondary N) is 1. The van der Waals surface area contributed by atoms with E-state index in [2.05, 4.69) is 10.3 Å². The molecule has 0 atom stereocenters. The monoisotopic (exact) mass is 347 g/mol. The van der Waals surface area contributed by atoms with Crippen molar-refractivity contribution in [3.63, 3.8) is 0 Å². The first-order valence-electron chi connectivity index (χ1n) is 7.73. The zero-order chi connectivity index (χ0) is 18.0. The Balaban J connectivity index is 1.68. The maximum Gasteiger partial charge on any atom is 0.416 e. The largest absolute Gasteiger partial charge is 0.416 e. The molecule has 3 aromatic rings. The van der Waals surface area contributed by atoms with Crippen molar-refractivity contribution in [2.24, 2.45) is 0 Å². The Morgan fingerprint density at radius 3 is 2.68 bits per heavy atom. The van der Waals surface area contributed by atoms with E-state index in [4.69, 9.17) is 0 Å². The molecule has 4 nitrogen and oxygen atoms in total. The van der Waals surface area contributed by atoms with Crippen LogP contribution in [0.2, 0.25) is 0 Å². The highest BCUT2D eigenvalue weighted by Gasteiger charge is 2.30. The van der Waals surface area contributed by atoms with Crippen LogP contribution in [-0.4, -0.2) is 22.0 Å².